The number of anilines is 1. The number of alkyl halides is 2. The fourth-order valence-corrected chi connectivity index (χ4v) is 2.23. The Balaban J connectivity index is 2.05. The molecule has 23 heavy (non-hydrogen) atoms. The minimum Gasteiger partial charge on any atom is -0.461 e. The van der Waals surface area contributed by atoms with Crippen LogP contribution < -0.4 is 5.32 Å². The van der Waals surface area contributed by atoms with E-state index in [-0.39, 0.29) is 5.76 Å². The average molecular weight is 336 g/mol. The number of Topliss-reactive ketones (excluding diaryl/α,β-unsaturated/α-hetero) is 1. The molecule has 5 nitrogen and oxygen atoms in total. The van der Waals surface area contributed by atoms with Crippen molar-refractivity contribution in [2.75, 3.05) is 5.32 Å². The van der Waals surface area contributed by atoms with Crippen molar-refractivity contribution in [3.8, 4) is 6.07 Å². The van der Waals surface area contributed by atoms with Gasteiger partial charge in [-0.15, -0.1) is 0 Å². The van der Waals surface area contributed by atoms with E-state index in [4.69, 9.17) is 9.68 Å². The van der Waals surface area contributed by atoms with Gasteiger partial charge in [0.2, 0.25) is 11.7 Å². The lowest BCUT2D eigenvalue weighted by atomic mass is 10.0. The van der Waals surface area contributed by atoms with Crippen LogP contribution in [-0.4, -0.2) is 17.4 Å². The molecule has 0 radical (unpaired) electrons. The molecule has 0 saturated heterocycles. The van der Waals surface area contributed by atoms with Gasteiger partial charge in [0.15, 0.2) is 11.7 Å². The SMILES string of the molecule is N#C[C@H](C(=O)Nc1ccc(SC(F)F)cc1)C(=O)c1ccco1. The largest absolute Gasteiger partial charge is 0.461 e. The van der Waals surface area contributed by atoms with Crippen molar-refractivity contribution in [2.24, 2.45) is 5.92 Å². The van der Waals surface area contributed by atoms with Crippen molar-refractivity contribution in [3.05, 3.63) is 48.4 Å². The molecule has 1 aromatic carbocycles. The van der Waals surface area contributed by atoms with Crippen molar-refractivity contribution in [1.82, 2.24) is 0 Å². The number of rotatable bonds is 6. The molecule has 0 fully saturated rings. The Bertz CT molecular complexity index is 724. The van der Waals surface area contributed by atoms with Crippen LogP contribution in [-0.2, 0) is 4.79 Å². The molecule has 0 bridgehead atoms. The topological polar surface area (TPSA) is 83.1 Å². The molecule has 0 spiro atoms. The van der Waals surface area contributed by atoms with Gasteiger partial charge in [-0.3, -0.25) is 9.59 Å². The first-order valence-corrected chi connectivity index (χ1v) is 7.22. The van der Waals surface area contributed by atoms with E-state index < -0.39 is 23.4 Å². The molecule has 0 unspecified atom stereocenters. The van der Waals surface area contributed by atoms with E-state index in [1.807, 2.05) is 0 Å². The number of hydrogen-bond acceptors (Lipinski definition) is 5. The van der Waals surface area contributed by atoms with Crippen LogP contribution in [0.5, 0.6) is 0 Å². The van der Waals surface area contributed by atoms with Gasteiger partial charge in [0.05, 0.1) is 12.3 Å². The van der Waals surface area contributed by atoms with Crippen LogP contribution in [0.25, 0.3) is 0 Å². The molecule has 118 valence electrons. The molecule has 1 heterocycles. The monoisotopic (exact) mass is 336 g/mol. The van der Waals surface area contributed by atoms with Crippen molar-refractivity contribution >= 4 is 29.1 Å². The van der Waals surface area contributed by atoms with E-state index in [0.717, 1.165) is 0 Å². The summed E-state index contributed by atoms with van der Waals surface area (Å²) >= 11 is 0.375. The molecule has 1 aromatic heterocycles. The lowest BCUT2D eigenvalue weighted by molar-refractivity contribution is -0.117. The molecule has 0 aliphatic heterocycles. The zero-order valence-corrected chi connectivity index (χ0v) is 12.3. The highest BCUT2D eigenvalue weighted by atomic mass is 32.2. The lowest BCUT2D eigenvalue weighted by Gasteiger charge is -2.09. The first kappa shape index (κ1) is 16.7. The summed E-state index contributed by atoms with van der Waals surface area (Å²) in [6.07, 6.45) is 1.26. The Morgan fingerprint density at radius 2 is 1.91 bits per heavy atom. The minimum absolute atomic E-state index is 0.0876. The van der Waals surface area contributed by atoms with Gasteiger partial charge in [0, 0.05) is 10.6 Å². The fourth-order valence-electron chi connectivity index (χ4n) is 1.73. The average Bonchev–Trinajstić information content (AvgIpc) is 3.03. The van der Waals surface area contributed by atoms with E-state index in [1.54, 1.807) is 6.07 Å². The van der Waals surface area contributed by atoms with Gasteiger partial charge in [-0.25, -0.2) is 0 Å². The van der Waals surface area contributed by atoms with Gasteiger partial charge in [-0.2, -0.15) is 14.0 Å². The molecule has 8 heteroatoms. The van der Waals surface area contributed by atoms with Gasteiger partial charge in [-0.05, 0) is 36.4 Å². The number of hydrogen-bond donors (Lipinski definition) is 1. The zero-order valence-electron chi connectivity index (χ0n) is 11.5. The molecule has 2 aromatic rings. The van der Waals surface area contributed by atoms with Crippen LogP contribution in [0.15, 0.2) is 52.0 Å². The number of carbonyl (C=O) groups is 2. The van der Waals surface area contributed by atoms with Crippen LogP contribution in [0.4, 0.5) is 14.5 Å². The Morgan fingerprint density at radius 3 is 2.43 bits per heavy atom. The van der Waals surface area contributed by atoms with E-state index in [0.29, 0.717) is 22.3 Å². The van der Waals surface area contributed by atoms with Crippen molar-refractivity contribution < 1.29 is 22.8 Å². The van der Waals surface area contributed by atoms with Gasteiger partial charge in [-0.1, -0.05) is 11.8 Å². The van der Waals surface area contributed by atoms with E-state index in [2.05, 4.69) is 5.32 Å². The van der Waals surface area contributed by atoms with Crippen LogP contribution in [0.1, 0.15) is 10.6 Å². The maximum atomic E-state index is 12.2. The number of nitriles is 1. The standard InChI is InChI=1S/C15H10F2N2O3S/c16-15(17)23-10-5-3-9(4-6-10)19-14(21)11(8-18)13(20)12-2-1-7-22-12/h1-7,11,15H,(H,19,21)/t11-/m0/s1. The number of amides is 1. The number of carbonyl (C=O) groups excluding carboxylic acids is 2. The summed E-state index contributed by atoms with van der Waals surface area (Å²) in [5.41, 5.74) is 0.293. The van der Waals surface area contributed by atoms with Crippen LogP contribution in [0.2, 0.25) is 0 Å². The van der Waals surface area contributed by atoms with Crippen molar-refractivity contribution in [1.29, 1.82) is 5.26 Å². The first-order valence-electron chi connectivity index (χ1n) is 6.34. The summed E-state index contributed by atoms with van der Waals surface area (Å²) in [6, 6.07) is 10.1. The molecule has 0 saturated carbocycles. The molecular weight excluding hydrogens is 326 g/mol. The van der Waals surface area contributed by atoms with Crippen LogP contribution >= 0.6 is 11.8 Å². The summed E-state index contributed by atoms with van der Waals surface area (Å²) in [5.74, 6) is -5.75. The second-order valence-corrected chi connectivity index (χ2v) is 5.36. The maximum Gasteiger partial charge on any atom is 0.288 e. The molecule has 1 N–H and O–H groups in total. The summed E-state index contributed by atoms with van der Waals surface area (Å²) < 4.78 is 29.3. The predicted octanol–water partition coefficient (Wildman–Crippen LogP) is 3.56. The van der Waals surface area contributed by atoms with Gasteiger partial charge in [0.25, 0.3) is 5.76 Å². The Morgan fingerprint density at radius 1 is 1.22 bits per heavy atom. The highest BCUT2D eigenvalue weighted by molar-refractivity contribution is 7.99. The van der Waals surface area contributed by atoms with Crippen LogP contribution in [0.3, 0.4) is 0 Å². The Hall–Kier alpha value is -2.66. The third-order valence-electron chi connectivity index (χ3n) is 2.76. The summed E-state index contributed by atoms with van der Waals surface area (Å²) in [6.45, 7) is 0. The second kappa shape index (κ2) is 7.56. The quantitative estimate of drug-likeness (QED) is 0.495. The van der Waals surface area contributed by atoms with Gasteiger partial charge < -0.3 is 9.73 Å². The minimum atomic E-state index is -2.54. The molecular formula is C15H10F2N2O3S. The number of thioether (sulfide) groups is 1. The van der Waals surface area contributed by atoms with Gasteiger partial charge >= 0.3 is 0 Å². The first-order chi connectivity index (χ1) is 11.0. The summed E-state index contributed by atoms with van der Waals surface area (Å²) in [5, 5.41) is 11.4. The highest BCUT2D eigenvalue weighted by Gasteiger charge is 2.29. The maximum absolute atomic E-state index is 12.2. The van der Waals surface area contributed by atoms with E-state index in [1.165, 1.54) is 42.7 Å². The highest BCUT2D eigenvalue weighted by Crippen LogP contribution is 2.26. The number of halogens is 2. The normalized spacial score (nSPS) is 11.7. The molecule has 1 amide bonds. The third kappa shape index (κ3) is 4.40. The predicted molar refractivity (Wildman–Crippen MR) is 79.1 cm³/mol. The third-order valence-corrected chi connectivity index (χ3v) is 3.49. The summed E-state index contributed by atoms with van der Waals surface area (Å²) in [7, 11) is 0. The van der Waals surface area contributed by atoms with Crippen LogP contribution in [0, 0.1) is 17.2 Å². The number of ketones is 1. The Labute approximate surface area is 134 Å². The second-order valence-electron chi connectivity index (χ2n) is 4.30. The number of nitrogens with one attached hydrogen (secondary N) is 1. The zero-order chi connectivity index (χ0) is 16.8. The number of benzene rings is 1. The molecule has 1 atom stereocenters. The smallest absolute Gasteiger partial charge is 0.288 e. The summed E-state index contributed by atoms with van der Waals surface area (Å²) in [4.78, 5) is 24.3. The molecule has 0 aliphatic rings. The van der Waals surface area contributed by atoms with Gasteiger partial charge in [0.1, 0.15) is 0 Å². The number of furan rings is 1. The number of nitrogens with zero attached hydrogens (tertiary/aromatic N) is 1. The van der Waals surface area contributed by atoms with Crippen molar-refractivity contribution in [2.45, 2.75) is 10.7 Å². The molecule has 0 aliphatic carbocycles. The Kier molecular flexibility index (Phi) is 5.49. The van der Waals surface area contributed by atoms with E-state index in [9.17, 15) is 18.4 Å². The van der Waals surface area contributed by atoms with E-state index >= 15 is 0 Å². The lowest BCUT2D eigenvalue weighted by Crippen LogP contribution is -2.28. The fraction of sp³-hybridized carbons (Fsp3) is 0.133. The molecule has 2 rings (SSSR count). The van der Waals surface area contributed by atoms with Crippen molar-refractivity contribution in [3.63, 3.8) is 0 Å².